The summed E-state index contributed by atoms with van der Waals surface area (Å²) in [6.45, 7) is 5.35. The summed E-state index contributed by atoms with van der Waals surface area (Å²) in [7, 11) is 0. The van der Waals surface area contributed by atoms with Gasteiger partial charge in [0.05, 0.1) is 0 Å². The molecule has 31 heavy (non-hydrogen) atoms. The highest BCUT2D eigenvalue weighted by molar-refractivity contribution is 5.76. The van der Waals surface area contributed by atoms with E-state index in [0.717, 1.165) is 70.4 Å². The number of rotatable bonds is 6. The Morgan fingerprint density at radius 2 is 1.90 bits per heavy atom. The standard InChI is InChI=1S/C24H30F2N4O/c25-21-8-7-20(22(26)16-21)18-28-11-3-4-19(17-28)6-9-24(31)30-14-12-29(13-15-30)23-5-1-2-10-27-23/h1-2,5,7-8,10,16,19H,3-4,6,9,11-15,17-18H2/t19-/m1/s1. The molecule has 0 saturated carbocycles. The molecule has 1 aromatic carbocycles. The number of carbonyl (C=O) groups is 1. The molecule has 0 N–H and O–H groups in total. The first kappa shape index (κ1) is 21.7. The van der Waals surface area contributed by atoms with Crippen molar-refractivity contribution in [3.8, 4) is 0 Å². The fraction of sp³-hybridized carbons (Fsp3) is 0.500. The highest BCUT2D eigenvalue weighted by Gasteiger charge is 2.25. The number of pyridine rings is 1. The van der Waals surface area contributed by atoms with Gasteiger partial charge in [-0.15, -0.1) is 0 Å². The molecule has 0 spiro atoms. The minimum absolute atomic E-state index is 0.224. The van der Waals surface area contributed by atoms with Crippen molar-refractivity contribution < 1.29 is 13.6 Å². The largest absolute Gasteiger partial charge is 0.353 e. The van der Waals surface area contributed by atoms with Gasteiger partial charge in [-0.1, -0.05) is 12.1 Å². The molecule has 0 aliphatic carbocycles. The zero-order valence-electron chi connectivity index (χ0n) is 17.9. The Morgan fingerprint density at radius 1 is 1.06 bits per heavy atom. The zero-order valence-corrected chi connectivity index (χ0v) is 17.9. The van der Waals surface area contributed by atoms with Gasteiger partial charge < -0.3 is 9.80 Å². The van der Waals surface area contributed by atoms with Crippen LogP contribution in [0, 0.1) is 17.6 Å². The molecule has 1 aromatic heterocycles. The molecule has 7 heteroatoms. The highest BCUT2D eigenvalue weighted by Crippen LogP contribution is 2.24. The van der Waals surface area contributed by atoms with E-state index in [1.54, 1.807) is 6.20 Å². The van der Waals surface area contributed by atoms with E-state index in [4.69, 9.17) is 0 Å². The van der Waals surface area contributed by atoms with Crippen LogP contribution in [0.1, 0.15) is 31.2 Å². The van der Waals surface area contributed by atoms with Crippen LogP contribution in [0.3, 0.4) is 0 Å². The fourth-order valence-corrected chi connectivity index (χ4v) is 4.63. The van der Waals surface area contributed by atoms with E-state index in [0.29, 0.717) is 24.4 Å². The highest BCUT2D eigenvalue weighted by atomic mass is 19.1. The van der Waals surface area contributed by atoms with Crippen molar-refractivity contribution in [2.45, 2.75) is 32.2 Å². The van der Waals surface area contributed by atoms with E-state index >= 15 is 0 Å². The number of nitrogens with zero attached hydrogens (tertiary/aromatic N) is 4. The van der Waals surface area contributed by atoms with Crippen LogP contribution >= 0.6 is 0 Å². The Kier molecular flexibility index (Phi) is 7.12. The number of hydrogen-bond acceptors (Lipinski definition) is 4. The molecule has 4 rings (SSSR count). The smallest absolute Gasteiger partial charge is 0.222 e. The molecule has 1 atom stereocenters. The van der Waals surface area contributed by atoms with E-state index < -0.39 is 11.6 Å². The van der Waals surface area contributed by atoms with Crippen LogP contribution in [0.15, 0.2) is 42.6 Å². The molecular formula is C24H30F2N4O. The van der Waals surface area contributed by atoms with Gasteiger partial charge in [0.1, 0.15) is 17.5 Å². The van der Waals surface area contributed by atoms with Gasteiger partial charge in [-0.25, -0.2) is 13.8 Å². The van der Waals surface area contributed by atoms with Crippen LogP contribution in [0.25, 0.3) is 0 Å². The van der Waals surface area contributed by atoms with Crippen LogP contribution in [0.5, 0.6) is 0 Å². The number of hydrogen-bond donors (Lipinski definition) is 0. The maximum atomic E-state index is 14.0. The van der Waals surface area contributed by atoms with E-state index in [9.17, 15) is 13.6 Å². The number of piperazine rings is 1. The zero-order chi connectivity index (χ0) is 21.6. The normalized spacial score (nSPS) is 20.1. The monoisotopic (exact) mass is 428 g/mol. The second-order valence-electron chi connectivity index (χ2n) is 8.57. The number of halogens is 2. The molecule has 0 bridgehead atoms. The minimum Gasteiger partial charge on any atom is -0.353 e. The average Bonchev–Trinajstić information content (AvgIpc) is 2.80. The number of anilines is 1. The second kappa shape index (κ2) is 10.2. The van der Waals surface area contributed by atoms with E-state index in [-0.39, 0.29) is 5.91 Å². The summed E-state index contributed by atoms with van der Waals surface area (Å²) < 4.78 is 27.1. The Morgan fingerprint density at radius 3 is 2.65 bits per heavy atom. The summed E-state index contributed by atoms with van der Waals surface area (Å²) in [5.41, 5.74) is 0.531. The minimum atomic E-state index is -0.544. The average molecular weight is 429 g/mol. The molecule has 0 radical (unpaired) electrons. The quantitative estimate of drug-likeness (QED) is 0.704. The van der Waals surface area contributed by atoms with Gasteiger partial charge in [-0.3, -0.25) is 9.69 Å². The molecule has 5 nitrogen and oxygen atoms in total. The Hall–Kier alpha value is -2.54. The first-order valence-corrected chi connectivity index (χ1v) is 11.2. The predicted octanol–water partition coefficient (Wildman–Crippen LogP) is 3.70. The summed E-state index contributed by atoms with van der Waals surface area (Å²) in [4.78, 5) is 23.5. The molecule has 2 saturated heterocycles. The number of carbonyl (C=O) groups excluding carboxylic acids is 1. The van der Waals surface area contributed by atoms with Crippen molar-refractivity contribution in [3.63, 3.8) is 0 Å². The lowest BCUT2D eigenvalue weighted by molar-refractivity contribution is -0.131. The van der Waals surface area contributed by atoms with Gasteiger partial charge >= 0.3 is 0 Å². The third-order valence-electron chi connectivity index (χ3n) is 6.38. The van der Waals surface area contributed by atoms with Crippen molar-refractivity contribution in [3.05, 3.63) is 59.8 Å². The molecule has 3 heterocycles. The van der Waals surface area contributed by atoms with E-state index in [1.165, 1.54) is 12.1 Å². The van der Waals surface area contributed by atoms with Gasteiger partial charge in [0.25, 0.3) is 0 Å². The topological polar surface area (TPSA) is 39.7 Å². The maximum absolute atomic E-state index is 14.0. The summed E-state index contributed by atoms with van der Waals surface area (Å²) in [6.07, 6.45) is 5.37. The predicted molar refractivity (Wildman–Crippen MR) is 117 cm³/mol. The molecule has 1 amide bonds. The molecule has 2 fully saturated rings. The van der Waals surface area contributed by atoms with Gasteiger partial charge in [0.15, 0.2) is 0 Å². The lowest BCUT2D eigenvalue weighted by Crippen LogP contribution is -2.49. The summed E-state index contributed by atoms with van der Waals surface area (Å²) >= 11 is 0. The van der Waals surface area contributed by atoms with Crippen molar-refractivity contribution in [1.29, 1.82) is 0 Å². The van der Waals surface area contributed by atoms with Gasteiger partial charge in [-0.2, -0.15) is 0 Å². The van der Waals surface area contributed by atoms with E-state index in [2.05, 4.69) is 14.8 Å². The van der Waals surface area contributed by atoms with Gasteiger partial charge in [0, 0.05) is 63.5 Å². The molecule has 2 aliphatic rings. The number of benzene rings is 1. The molecule has 0 unspecified atom stereocenters. The van der Waals surface area contributed by atoms with Crippen LogP contribution in [0.4, 0.5) is 14.6 Å². The molecule has 2 aromatic rings. The first-order chi connectivity index (χ1) is 15.1. The summed E-state index contributed by atoms with van der Waals surface area (Å²) in [5.74, 6) is 0.604. The molecule has 2 aliphatic heterocycles. The molecular weight excluding hydrogens is 398 g/mol. The maximum Gasteiger partial charge on any atom is 0.222 e. The van der Waals surface area contributed by atoms with Crippen molar-refractivity contribution in [1.82, 2.24) is 14.8 Å². The van der Waals surface area contributed by atoms with E-state index in [1.807, 2.05) is 23.1 Å². The van der Waals surface area contributed by atoms with Crippen molar-refractivity contribution in [2.24, 2.45) is 5.92 Å². The van der Waals surface area contributed by atoms with Crippen LogP contribution < -0.4 is 4.90 Å². The van der Waals surface area contributed by atoms with Crippen molar-refractivity contribution >= 4 is 11.7 Å². The van der Waals surface area contributed by atoms with Crippen molar-refractivity contribution in [2.75, 3.05) is 44.2 Å². The number of aromatic nitrogens is 1. The summed E-state index contributed by atoms with van der Waals surface area (Å²) in [6, 6.07) is 9.69. The Bertz CT molecular complexity index is 871. The fourth-order valence-electron chi connectivity index (χ4n) is 4.63. The first-order valence-electron chi connectivity index (χ1n) is 11.2. The lowest BCUT2D eigenvalue weighted by Gasteiger charge is -2.36. The molecule has 166 valence electrons. The van der Waals surface area contributed by atoms with Crippen LogP contribution in [-0.4, -0.2) is 60.0 Å². The summed E-state index contributed by atoms with van der Waals surface area (Å²) in [5, 5.41) is 0. The number of piperidine rings is 1. The third-order valence-corrected chi connectivity index (χ3v) is 6.38. The third kappa shape index (κ3) is 5.79. The Labute approximate surface area is 182 Å². The van der Waals surface area contributed by atoms with Gasteiger partial charge in [-0.05, 0) is 49.9 Å². The Balaban J connectivity index is 1.21. The van der Waals surface area contributed by atoms with Crippen LogP contribution in [-0.2, 0) is 11.3 Å². The lowest BCUT2D eigenvalue weighted by atomic mass is 9.92. The van der Waals surface area contributed by atoms with Crippen LogP contribution in [0.2, 0.25) is 0 Å². The van der Waals surface area contributed by atoms with Gasteiger partial charge in [0.2, 0.25) is 5.91 Å². The number of likely N-dealkylation sites (tertiary alicyclic amines) is 1. The SMILES string of the molecule is O=C(CC[C@H]1CCCN(Cc2ccc(F)cc2F)C1)N1CCN(c2ccccn2)CC1. The second-order valence-corrected chi connectivity index (χ2v) is 8.57. The number of amides is 1.